The van der Waals surface area contributed by atoms with E-state index in [1.165, 1.54) is 11.3 Å². The van der Waals surface area contributed by atoms with Crippen molar-refractivity contribution in [1.29, 1.82) is 0 Å². The number of thiophene rings is 1. The van der Waals surface area contributed by atoms with Crippen LogP contribution in [0.1, 0.15) is 34.0 Å². The van der Waals surface area contributed by atoms with Crippen LogP contribution in [-0.2, 0) is 0 Å². The summed E-state index contributed by atoms with van der Waals surface area (Å²) in [4.78, 5) is 13.5. The minimum Gasteiger partial charge on any atom is -0.497 e. The molecule has 0 fully saturated rings. The summed E-state index contributed by atoms with van der Waals surface area (Å²) in [7, 11) is 1.61. The molecule has 0 saturated carbocycles. The van der Waals surface area contributed by atoms with E-state index in [4.69, 9.17) is 4.74 Å². The first kappa shape index (κ1) is 17.0. The van der Waals surface area contributed by atoms with Crippen LogP contribution in [0.2, 0.25) is 0 Å². The average molecular weight is 326 g/mol. The fraction of sp³-hybridized carbons (Fsp3) is 0.211. The summed E-state index contributed by atoms with van der Waals surface area (Å²) in [5.41, 5.74) is -0.111. The van der Waals surface area contributed by atoms with Gasteiger partial charge in [0.1, 0.15) is 11.4 Å². The van der Waals surface area contributed by atoms with Gasteiger partial charge in [0.2, 0.25) is 0 Å². The molecule has 0 aliphatic rings. The number of allylic oxidation sites excluding steroid dienone is 1. The smallest absolute Gasteiger partial charge is 0.195 e. The molecule has 0 saturated heterocycles. The fourth-order valence-corrected chi connectivity index (χ4v) is 2.50. The highest BCUT2D eigenvalue weighted by atomic mass is 32.1. The third kappa shape index (κ3) is 5.41. The standard InChI is InChI=1S/C19H18O3S/c1-19(2,21)13-12-16-9-11-18(23-16)17(20)10-6-14-4-7-15(22-3)8-5-14/h4-11,21H,1-3H3/b10-6+. The van der Waals surface area contributed by atoms with Gasteiger partial charge in [-0.2, -0.15) is 0 Å². The van der Waals surface area contributed by atoms with E-state index in [9.17, 15) is 9.90 Å². The van der Waals surface area contributed by atoms with Crippen LogP contribution in [0.5, 0.6) is 5.75 Å². The van der Waals surface area contributed by atoms with E-state index in [0.717, 1.165) is 16.2 Å². The van der Waals surface area contributed by atoms with Gasteiger partial charge >= 0.3 is 0 Å². The molecule has 0 unspecified atom stereocenters. The summed E-state index contributed by atoms with van der Waals surface area (Å²) in [5, 5.41) is 9.59. The van der Waals surface area contributed by atoms with Crippen molar-refractivity contribution in [2.75, 3.05) is 7.11 Å². The molecule has 0 bridgehead atoms. The normalized spacial score (nSPS) is 11.1. The van der Waals surface area contributed by atoms with Crippen molar-refractivity contribution in [3.05, 3.63) is 57.8 Å². The molecule has 1 N–H and O–H groups in total. The lowest BCUT2D eigenvalue weighted by Crippen LogP contribution is -2.14. The Balaban J connectivity index is 2.06. The van der Waals surface area contributed by atoms with Crippen LogP contribution in [0.4, 0.5) is 0 Å². The minimum absolute atomic E-state index is 0.0675. The number of carbonyl (C=O) groups excluding carboxylic acids is 1. The summed E-state index contributed by atoms with van der Waals surface area (Å²) in [6.45, 7) is 3.24. The molecule has 2 aromatic rings. The number of aliphatic hydroxyl groups is 1. The Morgan fingerprint density at radius 2 is 1.91 bits per heavy atom. The summed E-state index contributed by atoms with van der Waals surface area (Å²) >= 11 is 1.32. The number of hydrogen-bond donors (Lipinski definition) is 1. The van der Waals surface area contributed by atoms with Gasteiger partial charge in [0.25, 0.3) is 0 Å². The summed E-state index contributed by atoms with van der Waals surface area (Å²) < 4.78 is 5.09. The lowest BCUT2D eigenvalue weighted by molar-refractivity contribution is 0.105. The van der Waals surface area contributed by atoms with Crippen molar-refractivity contribution in [2.24, 2.45) is 0 Å². The molecule has 1 aromatic carbocycles. The minimum atomic E-state index is -1.04. The number of ketones is 1. The maximum absolute atomic E-state index is 12.2. The van der Waals surface area contributed by atoms with Crippen molar-refractivity contribution >= 4 is 23.2 Å². The second-order valence-electron chi connectivity index (χ2n) is 5.44. The van der Waals surface area contributed by atoms with Crippen LogP contribution < -0.4 is 4.74 Å². The number of hydrogen-bond acceptors (Lipinski definition) is 4. The van der Waals surface area contributed by atoms with Crippen molar-refractivity contribution in [3.63, 3.8) is 0 Å². The van der Waals surface area contributed by atoms with Gasteiger partial charge in [-0.05, 0) is 49.8 Å². The SMILES string of the molecule is COc1ccc(/C=C/C(=O)c2ccc(C#CC(C)(C)O)s2)cc1. The van der Waals surface area contributed by atoms with Crippen LogP contribution in [0.3, 0.4) is 0 Å². The van der Waals surface area contributed by atoms with E-state index in [0.29, 0.717) is 4.88 Å². The fourth-order valence-electron chi connectivity index (χ4n) is 1.72. The van der Waals surface area contributed by atoms with Gasteiger partial charge in [-0.3, -0.25) is 4.79 Å². The van der Waals surface area contributed by atoms with Gasteiger partial charge in [-0.1, -0.05) is 30.0 Å². The highest BCUT2D eigenvalue weighted by Crippen LogP contribution is 2.18. The lowest BCUT2D eigenvalue weighted by Gasteiger charge is -2.05. The van der Waals surface area contributed by atoms with Crippen molar-refractivity contribution in [3.8, 4) is 17.6 Å². The quantitative estimate of drug-likeness (QED) is 0.528. The van der Waals surface area contributed by atoms with Crippen LogP contribution in [0, 0.1) is 11.8 Å². The van der Waals surface area contributed by atoms with Crippen LogP contribution >= 0.6 is 11.3 Å². The van der Waals surface area contributed by atoms with Gasteiger partial charge in [0.05, 0.1) is 16.9 Å². The second-order valence-corrected chi connectivity index (χ2v) is 6.53. The number of methoxy groups -OCH3 is 1. The third-order valence-corrected chi connectivity index (χ3v) is 3.90. The van der Waals surface area contributed by atoms with E-state index in [1.54, 1.807) is 45.2 Å². The van der Waals surface area contributed by atoms with Crippen molar-refractivity contribution in [2.45, 2.75) is 19.4 Å². The Morgan fingerprint density at radius 1 is 1.22 bits per heavy atom. The molecular formula is C19H18O3S. The topological polar surface area (TPSA) is 46.5 Å². The van der Waals surface area contributed by atoms with E-state index in [1.807, 2.05) is 24.3 Å². The van der Waals surface area contributed by atoms with Gasteiger partial charge in [-0.25, -0.2) is 0 Å². The molecule has 4 heteroatoms. The van der Waals surface area contributed by atoms with Gasteiger partial charge in [0.15, 0.2) is 5.78 Å². The summed E-state index contributed by atoms with van der Waals surface area (Å²) in [6.07, 6.45) is 3.31. The van der Waals surface area contributed by atoms with E-state index in [-0.39, 0.29) is 5.78 Å². The second kappa shape index (κ2) is 7.28. The van der Waals surface area contributed by atoms with Gasteiger partial charge in [-0.15, -0.1) is 11.3 Å². The van der Waals surface area contributed by atoms with Crippen molar-refractivity contribution < 1.29 is 14.6 Å². The highest BCUT2D eigenvalue weighted by molar-refractivity contribution is 7.14. The Labute approximate surface area is 140 Å². The largest absolute Gasteiger partial charge is 0.497 e. The first-order valence-corrected chi connectivity index (χ1v) is 7.91. The molecule has 2 rings (SSSR count). The Bertz CT molecular complexity index is 765. The van der Waals surface area contributed by atoms with Crippen LogP contribution in [-0.4, -0.2) is 23.6 Å². The number of benzene rings is 1. The first-order chi connectivity index (χ1) is 10.9. The molecule has 0 amide bonds. The van der Waals surface area contributed by atoms with Crippen LogP contribution in [0.15, 0.2) is 42.5 Å². The molecule has 0 spiro atoms. The van der Waals surface area contributed by atoms with E-state index >= 15 is 0 Å². The molecule has 1 aromatic heterocycles. The lowest BCUT2D eigenvalue weighted by atomic mass is 10.1. The third-order valence-electron chi connectivity index (χ3n) is 2.88. The Kier molecular flexibility index (Phi) is 5.38. The van der Waals surface area contributed by atoms with Crippen LogP contribution in [0.25, 0.3) is 6.08 Å². The Hall–Kier alpha value is -2.35. The van der Waals surface area contributed by atoms with E-state index in [2.05, 4.69) is 11.8 Å². The molecule has 1 heterocycles. The molecule has 0 atom stereocenters. The molecule has 3 nitrogen and oxygen atoms in total. The van der Waals surface area contributed by atoms with Gasteiger partial charge < -0.3 is 9.84 Å². The molecule has 0 aliphatic carbocycles. The number of ether oxygens (including phenoxy) is 1. The summed E-state index contributed by atoms with van der Waals surface area (Å²) in [6, 6.07) is 11.0. The zero-order valence-corrected chi connectivity index (χ0v) is 14.1. The maximum atomic E-state index is 12.2. The van der Waals surface area contributed by atoms with E-state index < -0.39 is 5.60 Å². The maximum Gasteiger partial charge on any atom is 0.195 e. The molecule has 23 heavy (non-hydrogen) atoms. The monoisotopic (exact) mass is 326 g/mol. The molecule has 0 radical (unpaired) electrons. The number of carbonyl (C=O) groups is 1. The Morgan fingerprint density at radius 3 is 2.52 bits per heavy atom. The predicted molar refractivity (Wildman–Crippen MR) is 93.9 cm³/mol. The predicted octanol–water partition coefficient (Wildman–Crippen LogP) is 3.78. The molecule has 0 aliphatic heterocycles. The van der Waals surface area contributed by atoms with Gasteiger partial charge in [0, 0.05) is 0 Å². The molecular weight excluding hydrogens is 308 g/mol. The first-order valence-electron chi connectivity index (χ1n) is 7.09. The zero-order valence-electron chi connectivity index (χ0n) is 13.3. The van der Waals surface area contributed by atoms with Crippen molar-refractivity contribution in [1.82, 2.24) is 0 Å². The zero-order chi connectivity index (χ0) is 16.9. The molecule has 118 valence electrons. The number of rotatable bonds is 4. The average Bonchev–Trinajstić information content (AvgIpc) is 2.99. The summed E-state index contributed by atoms with van der Waals surface area (Å²) in [5.74, 6) is 6.32. The highest BCUT2D eigenvalue weighted by Gasteiger charge is 2.08.